The van der Waals surface area contributed by atoms with Crippen LogP contribution >= 0.6 is 23.2 Å². The molecule has 0 spiro atoms. The molecule has 5 heteroatoms. The SMILES string of the molecule is CN[C@@H]1CCCN(C(=O)[C@H]2C[C@@H]2c2ccc(Cl)c(Cl)c2)C1. The van der Waals surface area contributed by atoms with E-state index in [4.69, 9.17) is 23.2 Å². The molecule has 2 fully saturated rings. The Bertz CT molecular complexity index is 549. The average molecular weight is 327 g/mol. The predicted molar refractivity (Wildman–Crippen MR) is 86.0 cm³/mol. The van der Waals surface area contributed by atoms with Gasteiger partial charge in [0.05, 0.1) is 10.0 Å². The molecule has 3 rings (SSSR count). The van der Waals surface area contributed by atoms with Crippen molar-refractivity contribution in [3.63, 3.8) is 0 Å². The zero-order chi connectivity index (χ0) is 15.0. The lowest BCUT2D eigenvalue weighted by Gasteiger charge is -2.32. The highest BCUT2D eigenvalue weighted by molar-refractivity contribution is 6.42. The van der Waals surface area contributed by atoms with Gasteiger partial charge < -0.3 is 10.2 Å². The van der Waals surface area contributed by atoms with Crippen LogP contribution in [0.3, 0.4) is 0 Å². The van der Waals surface area contributed by atoms with Gasteiger partial charge in [-0.1, -0.05) is 29.3 Å². The molecule has 1 N–H and O–H groups in total. The van der Waals surface area contributed by atoms with Crippen molar-refractivity contribution in [1.82, 2.24) is 10.2 Å². The highest BCUT2D eigenvalue weighted by Crippen LogP contribution is 2.49. The summed E-state index contributed by atoms with van der Waals surface area (Å²) in [7, 11) is 1.97. The number of benzene rings is 1. The highest BCUT2D eigenvalue weighted by atomic mass is 35.5. The monoisotopic (exact) mass is 326 g/mol. The van der Waals surface area contributed by atoms with Crippen molar-refractivity contribution in [2.75, 3.05) is 20.1 Å². The Hall–Kier alpha value is -0.770. The van der Waals surface area contributed by atoms with E-state index in [0.717, 1.165) is 37.9 Å². The second kappa shape index (κ2) is 6.15. The number of likely N-dealkylation sites (tertiary alicyclic amines) is 1. The van der Waals surface area contributed by atoms with Crippen molar-refractivity contribution in [3.05, 3.63) is 33.8 Å². The predicted octanol–water partition coefficient (Wildman–Crippen LogP) is 3.31. The molecule has 114 valence electrons. The smallest absolute Gasteiger partial charge is 0.226 e. The minimum absolute atomic E-state index is 0.123. The van der Waals surface area contributed by atoms with Crippen LogP contribution in [0.4, 0.5) is 0 Å². The van der Waals surface area contributed by atoms with E-state index in [2.05, 4.69) is 5.32 Å². The standard InChI is InChI=1S/C16H20Cl2N2O/c1-19-11-3-2-6-20(9-11)16(21)13-8-12(13)10-4-5-14(17)15(18)7-10/h4-5,7,11-13,19H,2-3,6,8-9H2,1H3/t11-,12-,13+/m1/s1. The van der Waals surface area contributed by atoms with E-state index >= 15 is 0 Å². The van der Waals surface area contributed by atoms with E-state index < -0.39 is 0 Å². The second-order valence-corrected chi connectivity index (χ2v) is 6.85. The molecule has 0 bridgehead atoms. The first-order valence-electron chi connectivity index (χ1n) is 7.51. The molecular formula is C16H20Cl2N2O. The maximum absolute atomic E-state index is 12.6. The summed E-state index contributed by atoms with van der Waals surface area (Å²) in [6.07, 6.45) is 3.17. The Labute approximate surface area is 135 Å². The Morgan fingerprint density at radius 3 is 2.86 bits per heavy atom. The first kappa shape index (κ1) is 15.1. The van der Waals surface area contributed by atoms with E-state index in [1.807, 2.05) is 30.1 Å². The van der Waals surface area contributed by atoms with Gasteiger partial charge in [-0.25, -0.2) is 0 Å². The maximum atomic E-state index is 12.6. The molecule has 0 radical (unpaired) electrons. The minimum Gasteiger partial charge on any atom is -0.341 e. The van der Waals surface area contributed by atoms with Crippen LogP contribution in [0.25, 0.3) is 0 Å². The quantitative estimate of drug-likeness (QED) is 0.924. The third kappa shape index (κ3) is 3.20. The number of carbonyl (C=O) groups excluding carboxylic acids is 1. The number of nitrogens with zero attached hydrogens (tertiary/aromatic N) is 1. The van der Waals surface area contributed by atoms with Crippen LogP contribution in [0.5, 0.6) is 0 Å². The van der Waals surface area contributed by atoms with Crippen LogP contribution in [0.2, 0.25) is 10.0 Å². The summed E-state index contributed by atoms with van der Waals surface area (Å²) < 4.78 is 0. The van der Waals surface area contributed by atoms with Gasteiger partial charge in [0.2, 0.25) is 5.91 Å². The fraction of sp³-hybridized carbons (Fsp3) is 0.562. The topological polar surface area (TPSA) is 32.3 Å². The van der Waals surface area contributed by atoms with Crippen LogP contribution < -0.4 is 5.32 Å². The molecule has 1 heterocycles. The number of amides is 1. The molecule has 1 aromatic rings. The molecule has 1 saturated carbocycles. The molecule has 1 aliphatic carbocycles. The molecule has 1 aromatic carbocycles. The van der Waals surface area contributed by atoms with E-state index in [1.165, 1.54) is 0 Å². The minimum atomic E-state index is 0.123. The Morgan fingerprint density at radius 1 is 1.33 bits per heavy atom. The van der Waals surface area contributed by atoms with Gasteiger partial charge in [0.25, 0.3) is 0 Å². The molecule has 0 aromatic heterocycles. The van der Waals surface area contributed by atoms with Gasteiger partial charge in [0.1, 0.15) is 0 Å². The third-order valence-corrected chi connectivity index (χ3v) is 5.36. The molecule has 2 aliphatic rings. The van der Waals surface area contributed by atoms with E-state index in [1.54, 1.807) is 0 Å². The molecule has 1 saturated heterocycles. The first-order chi connectivity index (χ1) is 10.1. The van der Waals surface area contributed by atoms with Crippen molar-refractivity contribution in [3.8, 4) is 0 Å². The van der Waals surface area contributed by atoms with Crippen molar-refractivity contribution in [2.45, 2.75) is 31.2 Å². The van der Waals surface area contributed by atoms with Crippen molar-refractivity contribution in [1.29, 1.82) is 0 Å². The molecular weight excluding hydrogens is 307 g/mol. The Balaban J connectivity index is 1.64. The van der Waals surface area contributed by atoms with Gasteiger partial charge in [-0.05, 0) is 49.9 Å². The summed E-state index contributed by atoms with van der Waals surface area (Å²) >= 11 is 12.0. The highest BCUT2D eigenvalue weighted by Gasteiger charge is 2.46. The lowest BCUT2D eigenvalue weighted by Crippen LogP contribution is -2.47. The van der Waals surface area contributed by atoms with Gasteiger partial charge >= 0.3 is 0 Å². The lowest BCUT2D eigenvalue weighted by molar-refractivity contribution is -0.134. The van der Waals surface area contributed by atoms with Gasteiger partial charge in [-0.2, -0.15) is 0 Å². The number of rotatable bonds is 3. The summed E-state index contributed by atoms with van der Waals surface area (Å²) in [6.45, 7) is 1.72. The maximum Gasteiger partial charge on any atom is 0.226 e. The summed E-state index contributed by atoms with van der Waals surface area (Å²) in [4.78, 5) is 14.6. The number of piperidine rings is 1. The number of nitrogens with one attached hydrogen (secondary N) is 1. The molecule has 3 atom stereocenters. The lowest BCUT2D eigenvalue weighted by atomic mass is 10.0. The fourth-order valence-corrected chi connectivity index (χ4v) is 3.53. The van der Waals surface area contributed by atoms with E-state index in [0.29, 0.717) is 27.9 Å². The van der Waals surface area contributed by atoms with Crippen LogP contribution in [-0.2, 0) is 4.79 Å². The van der Waals surface area contributed by atoms with E-state index in [9.17, 15) is 4.79 Å². The molecule has 21 heavy (non-hydrogen) atoms. The number of likely N-dealkylation sites (N-methyl/N-ethyl adjacent to an activating group) is 1. The molecule has 1 amide bonds. The summed E-state index contributed by atoms with van der Waals surface area (Å²) in [6, 6.07) is 6.13. The van der Waals surface area contributed by atoms with Crippen LogP contribution in [0.15, 0.2) is 18.2 Å². The molecule has 3 nitrogen and oxygen atoms in total. The van der Waals surface area contributed by atoms with Gasteiger partial charge in [-0.15, -0.1) is 0 Å². The number of hydrogen-bond acceptors (Lipinski definition) is 2. The van der Waals surface area contributed by atoms with E-state index in [-0.39, 0.29) is 5.92 Å². The molecule has 0 unspecified atom stereocenters. The van der Waals surface area contributed by atoms with Crippen LogP contribution in [0, 0.1) is 5.92 Å². The first-order valence-corrected chi connectivity index (χ1v) is 8.26. The fourth-order valence-electron chi connectivity index (χ4n) is 3.23. The average Bonchev–Trinajstić information content (AvgIpc) is 3.30. The van der Waals surface area contributed by atoms with Gasteiger partial charge in [0.15, 0.2) is 0 Å². The molecule has 1 aliphatic heterocycles. The van der Waals surface area contributed by atoms with Crippen molar-refractivity contribution >= 4 is 29.1 Å². The number of carbonyl (C=O) groups is 1. The summed E-state index contributed by atoms with van der Waals surface area (Å²) in [5.74, 6) is 0.728. The van der Waals surface area contributed by atoms with Gasteiger partial charge in [0, 0.05) is 25.0 Å². The zero-order valence-corrected chi connectivity index (χ0v) is 13.6. The largest absolute Gasteiger partial charge is 0.341 e. The third-order valence-electron chi connectivity index (χ3n) is 4.62. The van der Waals surface area contributed by atoms with Crippen molar-refractivity contribution < 1.29 is 4.79 Å². The number of hydrogen-bond donors (Lipinski definition) is 1. The normalized spacial score (nSPS) is 28.5. The van der Waals surface area contributed by atoms with Crippen LogP contribution in [0.1, 0.15) is 30.7 Å². The number of halogens is 2. The van der Waals surface area contributed by atoms with Crippen molar-refractivity contribution in [2.24, 2.45) is 5.92 Å². The zero-order valence-electron chi connectivity index (χ0n) is 12.1. The Kier molecular flexibility index (Phi) is 4.43. The summed E-state index contributed by atoms with van der Waals surface area (Å²) in [5.41, 5.74) is 1.13. The second-order valence-electron chi connectivity index (χ2n) is 6.03. The van der Waals surface area contributed by atoms with Gasteiger partial charge in [-0.3, -0.25) is 4.79 Å². The summed E-state index contributed by atoms with van der Waals surface area (Å²) in [5, 5.41) is 4.42. The Morgan fingerprint density at radius 2 is 2.14 bits per heavy atom. The van der Waals surface area contributed by atoms with Crippen LogP contribution in [-0.4, -0.2) is 37.0 Å².